The number of methoxy groups -OCH3 is 1. The Kier molecular flexibility index (Phi) is 5.83. The van der Waals surface area contributed by atoms with Crippen LogP contribution in [0.1, 0.15) is 25.0 Å². The van der Waals surface area contributed by atoms with Crippen LogP contribution < -0.4 is 4.74 Å². The minimum Gasteiger partial charge on any atom is -0.496 e. The number of aliphatic carboxylic acids is 1. The summed E-state index contributed by atoms with van der Waals surface area (Å²) in [5, 5.41) is 8.93. The smallest absolute Gasteiger partial charge is 0.307 e. The van der Waals surface area contributed by atoms with Crippen LogP contribution in [0.5, 0.6) is 5.75 Å². The highest BCUT2D eigenvalue weighted by atomic mass is 16.5. The van der Waals surface area contributed by atoms with E-state index in [0.717, 1.165) is 17.7 Å². The number of ether oxygens (including phenoxy) is 1. The van der Waals surface area contributed by atoms with Crippen molar-refractivity contribution in [2.75, 3.05) is 20.7 Å². The fourth-order valence-electron chi connectivity index (χ4n) is 2.08. The van der Waals surface area contributed by atoms with Gasteiger partial charge >= 0.3 is 5.97 Å². The lowest BCUT2D eigenvalue weighted by molar-refractivity contribution is -0.141. The van der Waals surface area contributed by atoms with E-state index in [1.54, 1.807) is 14.0 Å². The fraction of sp³-hybridized carbons (Fsp3) is 0.533. The van der Waals surface area contributed by atoms with Crippen molar-refractivity contribution in [3.63, 3.8) is 0 Å². The Morgan fingerprint density at radius 1 is 1.47 bits per heavy atom. The Bertz CT molecular complexity index is 431. The zero-order valence-corrected chi connectivity index (χ0v) is 12.1. The molecule has 0 aliphatic carbocycles. The van der Waals surface area contributed by atoms with Crippen LogP contribution in [0.4, 0.5) is 0 Å². The highest BCUT2D eigenvalue weighted by Crippen LogP contribution is 2.22. The van der Waals surface area contributed by atoms with Crippen molar-refractivity contribution in [1.82, 2.24) is 4.90 Å². The molecule has 0 bridgehead atoms. The molecule has 1 aromatic rings. The lowest BCUT2D eigenvalue weighted by Gasteiger charge is -2.20. The van der Waals surface area contributed by atoms with Crippen LogP contribution in [0.3, 0.4) is 0 Å². The Balaban J connectivity index is 2.77. The predicted molar refractivity (Wildman–Crippen MR) is 75.5 cm³/mol. The summed E-state index contributed by atoms with van der Waals surface area (Å²) in [6, 6.07) is 6.16. The van der Waals surface area contributed by atoms with Gasteiger partial charge in [-0.3, -0.25) is 4.79 Å². The lowest BCUT2D eigenvalue weighted by atomic mass is 10.1. The average molecular weight is 265 g/mol. The maximum Gasteiger partial charge on any atom is 0.307 e. The van der Waals surface area contributed by atoms with Crippen LogP contribution in [0.25, 0.3) is 0 Å². The molecule has 0 saturated heterocycles. The van der Waals surface area contributed by atoms with E-state index in [-0.39, 0.29) is 5.92 Å². The van der Waals surface area contributed by atoms with Gasteiger partial charge in [-0.1, -0.05) is 26.0 Å². The van der Waals surface area contributed by atoms with E-state index < -0.39 is 5.97 Å². The van der Waals surface area contributed by atoms with Gasteiger partial charge in [-0.25, -0.2) is 0 Å². The van der Waals surface area contributed by atoms with Crippen molar-refractivity contribution in [3.8, 4) is 5.75 Å². The number of aryl methyl sites for hydroxylation is 1. The molecule has 1 rings (SSSR count). The van der Waals surface area contributed by atoms with E-state index >= 15 is 0 Å². The van der Waals surface area contributed by atoms with E-state index in [0.29, 0.717) is 13.1 Å². The van der Waals surface area contributed by atoms with E-state index in [1.807, 2.05) is 18.0 Å². The summed E-state index contributed by atoms with van der Waals surface area (Å²) in [7, 11) is 3.59. The molecule has 0 radical (unpaired) electrons. The van der Waals surface area contributed by atoms with Crippen LogP contribution in [0, 0.1) is 5.92 Å². The van der Waals surface area contributed by atoms with Crippen molar-refractivity contribution in [1.29, 1.82) is 0 Å². The minimum atomic E-state index is -0.763. The topological polar surface area (TPSA) is 49.8 Å². The Hall–Kier alpha value is -1.55. The second-order valence-electron chi connectivity index (χ2n) is 4.94. The standard InChI is InChI=1S/C15H23NO3/c1-5-12-6-7-14(19-4)13(8-12)10-16(3)9-11(2)15(17)18/h6-8,11H,5,9-10H2,1-4H3,(H,17,18). The molecule has 4 nitrogen and oxygen atoms in total. The average Bonchev–Trinajstić information content (AvgIpc) is 2.38. The first-order valence-electron chi connectivity index (χ1n) is 6.55. The molecule has 19 heavy (non-hydrogen) atoms. The molecule has 0 amide bonds. The molecular weight excluding hydrogens is 242 g/mol. The van der Waals surface area contributed by atoms with Gasteiger partial charge in [-0.05, 0) is 25.1 Å². The Labute approximate surface area is 115 Å². The molecule has 4 heteroatoms. The van der Waals surface area contributed by atoms with Crippen molar-refractivity contribution in [2.24, 2.45) is 5.92 Å². The number of carboxylic acids is 1. The van der Waals surface area contributed by atoms with Gasteiger partial charge < -0.3 is 14.7 Å². The molecule has 1 N–H and O–H groups in total. The zero-order chi connectivity index (χ0) is 14.4. The Morgan fingerprint density at radius 3 is 2.68 bits per heavy atom. The molecule has 0 fully saturated rings. The number of benzene rings is 1. The van der Waals surface area contributed by atoms with Crippen LogP contribution in [0.2, 0.25) is 0 Å². The maximum absolute atomic E-state index is 10.9. The number of carbonyl (C=O) groups is 1. The second kappa shape index (κ2) is 7.14. The maximum atomic E-state index is 10.9. The number of hydrogen-bond donors (Lipinski definition) is 1. The van der Waals surface area contributed by atoms with Gasteiger partial charge in [0.05, 0.1) is 13.0 Å². The minimum absolute atomic E-state index is 0.370. The summed E-state index contributed by atoms with van der Waals surface area (Å²) in [5.41, 5.74) is 2.36. The SMILES string of the molecule is CCc1ccc(OC)c(CN(C)CC(C)C(=O)O)c1. The molecule has 0 aromatic heterocycles. The van der Waals surface area contributed by atoms with Crippen LogP contribution in [-0.4, -0.2) is 36.7 Å². The van der Waals surface area contributed by atoms with Crippen molar-refractivity contribution < 1.29 is 14.6 Å². The highest BCUT2D eigenvalue weighted by Gasteiger charge is 2.15. The largest absolute Gasteiger partial charge is 0.496 e. The number of hydrogen-bond acceptors (Lipinski definition) is 3. The zero-order valence-electron chi connectivity index (χ0n) is 12.1. The monoisotopic (exact) mass is 265 g/mol. The Morgan fingerprint density at radius 2 is 2.16 bits per heavy atom. The van der Waals surface area contributed by atoms with Crippen molar-refractivity contribution in [2.45, 2.75) is 26.8 Å². The van der Waals surface area contributed by atoms with Gasteiger partial charge in [-0.2, -0.15) is 0 Å². The van der Waals surface area contributed by atoms with Gasteiger partial charge in [0.25, 0.3) is 0 Å². The molecule has 1 atom stereocenters. The number of carboxylic acid groups (broad SMARTS) is 1. The van der Waals surface area contributed by atoms with E-state index in [9.17, 15) is 4.79 Å². The fourth-order valence-corrected chi connectivity index (χ4v) is 2.08. The van der Waals surface area contributed by atoms with E-state index in [4.69, 9.17) is 9.84 Å². The predicted octanol–water partition coefficient (Wildman–Crippen LogP) is 2.41. The number of nitrogens with zero attached hydrogens (tertiary/aromatic N) is 1. The summed E-state index contributed by atoms with van der Waals surface area (Å²) in [5.74, 6) is -0.279. The number of rotatable bonds is 7. The van der Waals surface area contributed by atoms with E-state index in [1.165, 1.54) is 5.56 Å². The lowest BCUT2D eigenvalue weighted by Crippen LogP contribution is -2.28. The summed E-state index contributed by atoms with van der Waals surface area (Å²) in [6.45, 7) is 5.05. The first-order chi connectivity index (χ1) is 8.97. The molecule has 0 aliphatic heterocycles. The van der Waals surface area contributed by atoms with Crippen LogP contribution in [0.15, 0.2) is 18.2 Å². The summed E-state index contributed by atoms with van der Waals surface area (Å²) in [4.78, 5) is 12.9. The first kappa shape index (κ1) is 15.5. The molecule has 0 spiro atoms. The summed E-state index contributed by atoms with van der Waals surface area (Å²) < 4.78 is 5.36. The molecule has 106 valence electrons. The van der Waals surface area contributed by atoms with E-state index in [2.05, 4.69) is 19.1 Å². The van der Waals surface area contributed by atoms with Gasteiger partial charge in [-0.15, -0.1) is 0 Å². The first-order valence-corrected chi connectivity index (χ1v) is 6.55. The van der Waals surface area contributed by atoms with Gasteiger partial charge in [0.1, 0.15) is 5.75 Å². The molecule has 0 aliphatic rings. The summed E-state index contributed by atoms with van der Waals surface area (Å²) in [6.07, 6.45) is 0.978. The van der Waals surface area contributed by atoms with Gasteiger partial charge in [0.15, 0.2) is 0 Å². The van der Waals surface area contributed by atoms with Gasteiger partial charge in [0.2, 0.25) is 0 Å². The molecule has 0 heterocycles. The normalized spacial score (nSPS) is 12.5. The quantitative estimate of drug-likeness (QED) is 0.822. The third kappa shape index (κ3) is 4.56. The van der Waals surface area contributed by atoms with Crippen molar-refractivity contribution in [3.05, 3.63) is 29.3 Å². The van der Waals surface area contributed by atoms with Crippen molar-refractivity contribution >= 4 is 5.97 Å². The van der Waals surface area contributed by atoms with Crippen LogP contribution >= 0.6 is 0 Å². The van der Waals surface area contributed by atoms with Crippen LogP contribution in [-0.2, 0) is 17.8 Å². The highest BCUT2D eigenvalue weighted by molar-refractivity contribution is 5.69. The second-order valence-corrected chi connectivity index (χ2v) is 4.94. The molecule has 0 saturated carbocycles. The summed E-state index contributed by atoms with van der Waals surface area (Å²) >= 11 is 0. The molecular formula is C15H23NO3. The van der Waals surface area contributed by atoms with Gasteiger partial charge in [0, 0.05) is 18.7 Å². The molecule has 1 aromatic carbocycles. The third-order valence-corrected chi connectivity index (χ3v) is 3.20. The third-order valence-electron chi connectivity index (χ3n) is 3.20. The molecule has 1 unspecified atom stereocenters.